The standard InChI is InChI=1S/C17H17N3O2S/c1-12-3-6-15(7-4-12)23(21,22)20-19-11-14-10-18-17-9-13(2)5-8-16(14)17/h3-11,18,20H,1-2H3/b19-11+. The quantitative estimate of drug-likeness (QED) is 0.571. The molecule has 0 amide bonds. The normalized spacial score (nSPS) is 12.1. The Bertz CT molecular complexity index is 971. The number of rotatable bonds is 4. The summed E-state index contributed by atoms with van der Waals surface area (Å²) in [4.78, 5) is 5.57. The topological polar surface area (TPSA) is 74.3 Å². The van der Waals surface area contributed by atoms with Crippen molar-refractivity contribution in [1.29, 1.82) is 0 Å². The van der Waals surface area contributed by atoms with Crippen LogP contribution in [0.1, 0.15) is 16.7 Å². The van der Waals surface area contributed by atoms with Crippen molar-refractivity contribution < 1.29 is 8.42 Å². The van der Waals surface area contributed by atoms with E-state index in [9.17, 15) is 8.42 Å². The van der Waals surface area contributed by atoms with Gasteiger partial charge in [-0.25, -0.2) is 4.83 Å². The van der Waals surface area contributed by atoms with E-state index in [4.69, 9.17) is 0 Å². The molecule has 0 saturated carbocycles. The number of hydrogen-bond acceptors (Lipinski definition) is 3. The Labute approximate surface area is 135 Å². The number of hydrazone groups is 1. The minimum atomic E-state index is -3.65. The third-order valence-corrected chi connectivity index (χ3v) is 4.82. The molecule has 0 fully saturated rings. The number of sulfonamides is 1. The van der Waals surface area contributed by atoms with E-state index in [1.165, 1.54) is 6.21 Å². The number of aryl methyl sites for hydroxylation is 2. The van der Waals surface area contributed by atoms with Gasteiger partial charge in [-0.3, -0.25) is 0 Å². The summed E-state index contributed by atoms with van der Waals surface area (Å²) in [6.45, 7) is 3.92. The highest BCUT2D eigenvalue weighted by Crippen LogP contribution is 2.18. The van der Waals surface area contributed by atoms with Crippen LogP contribution in [0.25, 0.3) is 10.9 Å². The number of nitrogens with zero attached hydrogens (tertiary/aromatic N) is 1. The molecule has 0 radical (unpaired) electrons. The van der Waals surface area contributed by atoms with Gasteiger partial charge in [0.05, 0.1) is 11.1 Å². The van der Waals surface area contributed by atoms with Gasteiger partial charge in [0.1, 0.15) is 0 Å². The van der Waals surface area contributed by atoms with Gasteiger partial charge in [-0.15, -0.1) is 0 Å². The van der Waals surface area contributed by atoms with Crippen LogP contribution < -0.4 is 4.83 Å². The second-order valence-corrected chi connectivity index (χ2v) is 7.12. The molecule has 2 aromatic carbocycles. The monoisotopic (exact) mass is 327 g/mol. The zero-order valence-electron chi connectivity index (χ0n) is 12.9. The number of H-pyrrole nitrogens is 1. The second kappa shape index (κ2) is 5.89. The van der Waals surface area contributed by atoms with Crippen molar-refractivity contribution >= 4 is 27.1 Å². The zero-order chi connectivity index (χ0) is 16.4. The highest BCUT2D eigenvalue weighted by atomic mass is 32.2. The van der Waals surface area contributed by atoms with Crippen LogP contribution in [0.5, 0.6) is 0 Å². The van der Waals surface area contributed by atoms with E-state index in [0.717, 1.165) is 27.6 Å². The maximum Gasteiger partial charge on any atom is 0.276 e. The van der Waals surface area contributed by atoms with Crippen molar-refractivity contribution in [2.75, 3.05) is 0 Å². The predicted molar refractivity (Wildman–Crippen MR) is 92.1 cm³/mol. The van der Waals surface area contributed by atoms with Crippen molar-refractivity contribution in [2.24, 2.45) is 5.10 Å². The molecule has 6 heteroatoms. The smallest absolute Gasteiger partial charge is 0.276 e. The molecule has 2 N–H and O–H groups in total. The molecular formula is C17H17N3O2S. The lowest BCUT2D eigenvalue weighted by Gasteiger charge is -2.03. The van der Waals surface area contributed by atoms with E-state index in [2.05, 4.69) is 14.9 Å². The van der Waals surface area contributed by atoms with Crippen LogP contribution in [0.2, 0.25) is 0 Å². The van der Waals surface area contributed by atoms with Crippen molar-refractivity contribution in [3.05, 3.63) is 65.4 Å². The first kappa shape index (κ1) is 15.3. The Hall–Kier alpha value is -2.60. The molecule has 1 heterocycles. The number of aromatic nitrogens is 1. The Morgan fingerprint density at radius 3 is 2.48 bits per heavy atom. The molecular weight excluding hydrogens is 310 g/mol. The number of aromatic amines is 1. The molecule has 0 aliphatic rings. The van der Waals surface area contributed by atoms with E-state index in [0.29, 0.717) is 0 Å². The average Bonchev–Trinajstić information content (AvgIpc) is 2.90. The molecule has 118 valence electrons. The molecule has 23 heavy (non-hydrogen) atoms. The summed E-state index contributed by atoms with van der Waals surface area (Å²) in [6.07, 6.45) is 3.30. The lowest BCUT2D eigenvalue weighted by molar-refractivity contribution is 0.584. The maximum absolute atomic E-state index is 12.1. The molecule has 5 nitrogen and oxygen atoms in total. The first-order valence-corrected chi connectivity index (χ1v) is 8.63. The third kappa shape index (κ3) is 3.27. The van der Waals surface area contributed by atoms with Gasteiger partial charge < -0.3 is 4.98 Å². The Balaban J connectivity index is 1.81. The minimum Gasteiger partial charge on any atom is -0.360 e. The fourth-order valence-electron chi connectivity index (χ4n) is 2.30. The zero-order valence-corrected chi connectivity index (χ0v) is 13.7. The molecule has 1 aromatic heterocycles. The fraction of sp³-hybridized carbons (Fsp3) is 0.118. The highest BCUT2D eigenvalue weighted by Gasteiger charge is 2.11. The fourth-order valence-corrected chi connectivity index (χ4v) is 3.10. The van der Waals surface area contributed by atoms with E-state index < -0.39 is 10.0 Å². The van der Waals surface area contributed by atoms with Gasteiger partial charge in [0.2, 0.25) is 0 Å². The molecule has 3 rings (SSSR count). The number of nitrogens with one attached hydrogen (secondary N) is 2. The maximum atomic E-state index is 12.1. The summed E-state index contributed by atoms with van der Waals surface area (Å²) in [7, 11) is -3.65. The van der Waals surface area contributed by atoms with Crippen LogP contribution in [0.15, 0.2) is 58.7 Å². The summed E-state index contributed by atoms with van der Waals surface area (Å²) >= 11 is 0. The SMILES string of the molecule is Cc1ccc(S(=O)(=O)N/N=C/c2c[nH]c3cc(C)ccc23)cc1. The molecule has 0 aliphatic heterocycles. The number of benzene rings is 2. The lowest BCUT2D eigenvalue weighted by Crippen LogP contribution is -2.18. The highest BCUT2D eigenvalue weighted by molar-refractivity contribution is 7.89. The lowest BCUT2D eigenvalue weighted by atomic mass is 10.1. The van der Waals surface area contributed by atoms with Gasteiger partial charge in [0, 0.05) is 22.7 Å². The Morgan fingerprint density at radius 2 is 1.74 bits per heavy atom. The van der Waals surface area contributed by atoms with E-state index in [1.807, 2.05) is 32.0 Å². The van der Waals surface area contributed by atoms with Gasteiger partial charge in [0.25, 0.3) is 10.0 Å². The van der Waals surface area contributed by atoms with Crippen LogP contribution in [-0.2, 0) is 10.0 Å². The summed E-state index contributed by atoms with van der Waals surface area (Å²) in [5.74, 6) is 0. The van der Waals surface area contributed by atoms with E-state index in [1.54, 1.807) is 30.5 Å². The van der Waals surface area contributed by atoms with Gasteiger partial charge >= 0.3 is 0 Å². The Morgan fingerprint density at radius 1 is 1.04 bits per heavy atom. The molecule has 0 aliphatic carbocycles. The van der Waals surface area contributed by atoms with E-state index >= 15 is 0 Å². The van der Waals surface area contributed by atoms with E-state index in [-0.39, 0.29) is 4.90 Å². The van der Waals surface area contributed by atoms with Gasteiger partial charge in [-0.2, -0.15) is 13.5 Å². The van der Waals surface area contributed by atoms with Gasteiger partial charge in [0.15, 0.2) is 0 Å². The largest absolute Gasteiger partial charge is 0.360 e. The van der Waals surface area contributed by atoms with Crippen LogP contribution in [0.4, 0.5) is 0 Å². The summed E-state index contributed by atoms with van der Waals surface area (Å²) in [5.41, 5.74) is 3.98. The molecule has 0 unspecified atom stereocenters. The molecule has 0 atom stereocenters. The van der Waals surface area contributed by atoms with Gasteiger partial charge in [-0.1, -0.05) is 29.8 Å². The van der Waals surface area contributed by atoms with Crippen molar-refractivity contribution in [3.8, 4) is 0 Å². The molecule has 0 bridgehead atoms. The van der Waals surface area contributed by atoms with Crippen LogP contribution in [0, 0.1) is 13.8 Å². The van der Waals surface area contributed by atoms with Crippen LogP contribution in [0.3, 0.4) is 0 Å². The summed E-state index contributed by atoms with van der Waals surface area (Å²) in [5, 5.41) is 4.87. The van der Waals surface area contributed by atoms with Crippen LogP contribution in [-0.4, -0.2) is 19.6 Å². The molecule has 0 saturated heterocycles. The van der Waals surface area contributed by atoms with Crippen LogP contribution >= 0.6 is 0 Å². The average molecular weight is 327 g/mol. The first-order valence-electron chi connectivity index (χ1n) is 7.15. The van der Waals surface area contributed by atoms with Crippen molar-refractivity contribution in [1.82, 2.24) is 9.82 Å². The number of hydrogen-bond donors (Lipinski definition) is 2. The summed E-state index contributed by atoms with van der Waals surface area (Å²) < 4.78 is 24.3. The second-order valence-electron chi connectivity index (χ2n) is 5.46. The Kier molecular flexibility index (Phi) is 3.92. The minimum absolute atomic E-state index is 0.190. The first-order chi connectivity index (χ1) is 11.0. The van der Waals surface area contributed by atoms with Gasteiger partial charge in [-0.05, 0) is 37.6 Å². The van der Waals surface area contributed by atoms with Crippen molar-refractivity contribution in [2.45, 2.75) is 18.7 Å². The predicted octanol–water partition coefficient (Wildman–Crippen LogP) is 3.10. The number of fused-ring (bicyclic) bond motifs is 1. The molecule has 3 aromatic rings. The molecule has 0 spiro atoms. The van der Waals surface area contributed by atoms with Crippen molar-refractivity contribution in [3.63, 3.8) is 0 Å². The third-order valence-electron chi connectivity index (χ3n) is 3.58. The summed E-state index contributed by atoms with van der Waals surface area (Å²) in [6, 6.07) is 12.6.